The van der Waals surface area contributed by atoms with Crippen molar-refractivity contribution in [1.29, 1.82) is 0 Å². The number of hydrogen-bond donors (Lipinski definition) is 4. The molecule has 0 saturated heterocycles. The average Bonchev–Trinajstić information content (AvgIpc) is 2.60. The Balaban J connectivity index is 2.93. The largest absolute Gasteiger partial charge is 0.480 e. The molecule has 0 aliphatic carbocycles. The lowest BCUT2D eigenvalue weighted by Gasteiger charge is -2.24. The van der Waals surface area contributed by atoms with Crippen molar-refractivity contribution in [3.8, 4) is 0 Å². The van der Waals surface area contributed by atoms with Gasteiger partial charge in [-0.25, -0.2) is 4.79 Å². The smallest absolute Gasteiger partial charge is 0.326 e. The molecule has 0 heterocycles. The summed E-state index contributed by atoms with van der Waals surface area (Å²) in [6, 6.07) is 6.61. The number of benzene rings is 1. The first kappa shape index (κ1) is 23.6. The molecule has 7 heteroatoms. The van der Waals surface area contributed by atoms with Crippen molar-refractivity contribution in [2.45, 2.75) is 65.1 Å². The Morgan fingerprint density at radius 3 is 1.93 bits per heavy atom. The van der Waals surface area contributed by atoms with Crippen molar-refractivity contribution in [2.24, 2.45) is 17.6 Å². The van der Waals surface area contributed by atoms with Crippen LogP contribution in [0, 0.1) is 11.8 Å². The van der Waals surface area contributed by atoms with Crippen molar-refractivity contribution in [1.82, 2.24) is 10.6 Å². The molecule has 1 aromatic rings. The van der Waals surface area contributed by atoms with Gasteiger partial charge < -0.3 is 21.5 Å². The van der Waals surface area contributed by atoms with Gasteiger partial charge in [-0.15, -0.1) is 0 Å². The van der Waals surface area contributed by atoms with Gasteiger partial charge in [0.2, 0.25) is 11.8 Å². The van der Waals surface area contributed by atoms with Gasteiger partial charge in [0, 0.05) is 6.42 Å². The van der Waals surface area contributed by atoms with Crippen LogP contribution in [0.2, 0.25) is 0 Å². The van der Waals surface area contributed by atoms with Crippen LogP contribution in [0.25, 0.3) is 0 Å². The van der Waals surface area contributed by atoms with Crippen molar-refractivity contribution < 1.29 is 19.5 Å². The van der Waals surface area contributed by atoms with Crippen LogP contribution < -0.4 is 16.4 Å². The first-order valence-electron chi connectivity index (χ1n) is 9.73. The summed E-state index contributed by atoms with van der Waals surface area (Å²) < 4.78 is 0. The molecule has 0 spiro atoms. The summed E-state index contributed by atoms with van der Waals surface area (Å²) in [5.41, 5.74) is 6.80. The Morgan fingerprint density at radius 1 is 0.893 bits per heavy atom. The van der Waals surface area contributed by atoms with Crippen LogP contribution in [-0.4, -0.2) is 41.0 Å². The molecule has 3 atom stereocenters. The highest BCUT2D eigenvalue weighted by atomic mass is 16.4. The molecule has 7 nitrogen and oxygen atoms in total. The molecular weight excluding hydrogens is 358 g/mol. The van der Waals surface area contributed by atoms with Gasteiger partial charge in [-0.2, -0.15) is 0 Å². The number of carboxylic acids is 1. The number of aliphatic carboxylic acids is 1. The van der Waals surface area contributed by atoms with Crippen LogP contribution in [0.15, 0.2) is 30.3 Å². The number of hydrogen-bond acceptors (Lipinski definition) is 4. The summed E-state index contributed by atoms with van der Waals surface area (Å²) in [6.07, 6.45) is 1.05. The maximum Gasteiger partial charge on any atom is 0.326 e. The van der Waals surface area contributed by atoms with E-state index in [1.54, 1.807) is 0 Å². The molecule has 1 aromatic carbocycles. The monoisotopic (exact) mass is 391 g/mol. The van der Waals surface area contributed by atoms with E-state index in [-0.39, 0.29) is 18.3 Å². The van der Waals surface area contributed by atoms with Gasteiger partial charge >= 0.3 is 5.97 Å². The lowest BCUT2D eigenvalue weighted by atomic mass is 10.0. The number of carbonyl (C=O) groups excluding carboxylic acids is 2. The molecular formula is C21H33N3O4. The third-order valence-electron chi connectivity index (χ3n) is 4.30. The minimum Gasteiger partial charge on any atom is -0.480 e. The summed E-state index contributed by atoms with van der Waals surface area (Å²) in [5.74, 6) is -1.70. The highest BCUT2D eigenvalue weighted by Crippen LogP contribution is 2.09. The number of rotatable bonds is 11. The average molecular weight is 392 g/mol. The third kappa shape index (κ3) is 8.52. The lowest BCUT2D eigenvalue weighted by molar-refractivity contribution is -0.142. The quantitative estimate of drug-likeness (QED) is 0.457. The standard InChI is InChI=1S/C21H33N3O4/c1-13(2)10-16(22)19(25)23-17(12-15-8-6-5-7-9-15)20(26)24-18(21(27)28)11-14(3)4/h5-9,13-14,16-18H,10-12,22H2,1-4H3,(H,23,25)(H,24,26)(H,27,28)/t16-,17-,18-/m0/s1. The molecule has 156 valence electrons. The normalized spacial score (nSPS) is 14.4. The Morgan fingerprint density at radius 2 is 1.43 bits per heavy atom. The second kappa shape index (κ2) is 11.4. The summed E-state index contributed by atoms with van der Waals surface area (Å²) in [5, 5.41) is 14.6. The maximum atomic E-state index is 12.8. The van der Waals surface area contributed by atoms with E-state index >= 15 is 0 Å². The number of nitrogens with two attached hydrogens (primary N) is 1. The molecule has 0 bridgehead atoms. The van der Waals surface area contributed by atoms with E-state index in [0.717, 1.165) is 5.56 Å². The van der Waals surface area contributed by atoms with Crippen molar-refractivity contribution in [3.05, 3.63) is 35.9 Å². The minimum atomic E-state index is -1.09. The zero-order chi connectivity index (χ0) is 21.3. The predicted octanol–water partition coefficient (Wildman–Crippen LogP) is 1.70. The van der Waals surface area contributed by atoms with Crippen LogP contribution in [0.3, 0.4) is 0 Å². The van der Waals surface area contributed by atoms with Gasteiger partial charge in [0.25, 0.3) is 0 Å². The number of carbonyl (C=O) groups is 3. The van der Waals surface area contributed by atoms with Crippen molar-refractivity contribution in [2.75, 3.05) is 0 Å². The van der Waals surface area contributed by atoms with Crippen LogP contribution in [-0.2, 0) is 20.8 Å². The highest BCUT2D eigenvalue weighted by Gasteiger charge is 2.28. The van der Waals surface area contributed by atoms with E-state index < -0.39 is 35.9 Å². The summed E-state index contributed by atoms with van der Waals surface area (Å²) in [7, 11) is 0. The molecule has 2 amide bonds. The maximum absolute atomic E-state index is 12.8. The Hall–Kier alpha value is -2.41. The molecule has 0 aliphatic rings. The van der Waals surface area contributed by atoms with Crippen LogP contribution in [0.5, 0.6) is 0 Å². The first-order valence-corrected chi connectivity index (χ1v) is 9.73. The van der Waals surface area contributed by atoms with Gasteiger partial charge in [0.15, 0.2) is 0 Å². The first-order chi connectivity index (χ1) is 13.1. The second-order valence-electron chi connectivity index (χ2n) is 8.02. The van der Waals surface area contributed by atoms with E-state index in [0.29, 0.717) is 12.8 Å². The minimum absolute atomic E-state index is 0.100. The SMILES string of the molecule is CC(C)C[C@H](NC(=O)[C@H](Cc1ccccc1)NC(=O)[C@@H](N)CC(C)C)C(=O)O. The topological polar surface area (TPSA) is 122 Å². The third-order valence-corrected chi connectivity index (χ3v) is 4.30. The van der Waals surface area contributed by atoms with Gasteiger partial charge in [-0.3, -0.25) is 9.59 Å². The summed E-state index contributed by atoms with van der Waals surface area (Å²) >= 11 is 0. The second-order valence-corrected chi connectivity index (χ2v) is 8.02. The van der Waals surface area contributed by atoms with E-state index in [1.165, 1.54) is 0 Å². The van der Waals surface area contributed by atoms with E-state index in [1.807, 2.05) is 58.0 Å². The van der Waals surface area contributed by atoms with Gasteiger partial charge in [-0.05, 0) is 30.2 Å². The Labute approximate surface area is 167 Å². The summed E-state index contributed by atoms with van der Waals surface area (Å²) in [4.78, 5) is 36.7. The zero-order valence-corrected chi connectivity index (χ0v) is 17.1. The fourth-order valence-corrected chi connectivity index (χ4v) is 2.92. The van der Waals surface area contributed by atoms with Crippen molar-refractivity contribution >= 4 is 17.8 Å². The fraction of sp³-hybridized carbons (Fsp3) is 0.571. The molecule has 0 fully saturated rings. The lowest BCUT2D eigenvalue weighted by Crippen LogP contribution is -2.55. The summed E-state index contributed by atoms with van der Waals surface area (Å²) in [6.45, 7) is 7.70. The van der Waals surface area contributed by atoms with Crippen LogP contribution in [0.1, 0.15) is 46.1 Å². The molecule has 0 radical (unpaired) electrons. The van der Waals surface area contributed by atoms with E-state index in [4.69, 9.17) is 5.73 Å². The highest BCUT2D eigenvalue weighted by molar-refractivity contribution is 5.91. The van der Waals surface area contributed by atoms with Gasteiger partial charge in [-0.1, -0.05) is 58.0 Å². The van der Waals surface area contributed by atoms with Gasteiger partial charge in [0.05, 0.1) is 6.04 Å². The zero-order valence-electron chi connectivity index (χ0n) is 17.1. The molecule has 0 aromatic heterocycles. The molecule has 1 rings (SSSR count). The molecule has 5 N–H and O–H groups in total. The van der Waals surface area contributed by atoms with Gasteiger partial charge in [0.1, 0.15) is 12.1 Å². The number of amides is 2. The fourth-order valence-electron chi connectivity index (χ4n) is 2.92. The van der Waals surface area contributed by atoms with Crippen LogP contribution in [0.4, 0.5) is 0 Å². The number of carboxylic acid groups (broad SMARTS) is 1. The van der Waals surface area contributed by atoms with E-state index in [9.17, 15) is 19.5 Å². The Bertz CT molecular complexity index is 646. The predicted molar refractivity (Wildman–Crippen MR) is 109 cm³/mol. The number of nitrogens with one attached hydrogen (secondary N) is 2. The molecule has 0 saturated carbocycles. The van der Waals surface area contributed by atoms with Crippen LogP contribution >= 0.6 is 0 Å². The van der Waals surface area contributed by atoms with E-state index in [2.05, 4.69) is 10.6 Å². The molecule has 28 heavy (non-hydrogen) atoms. The Kier molecular flexibility index (Phi) is 9.65. The molecule has 0 aliphatic heterocycles. The van der Waals surface area contributed by atoms with Crippen molar-refractivity contribution in [3.63, 3.8) is 0 Å². The molecule has 0 unspecified atom stereocenters.